The quantitative estimate of drug-likeness (QED) is 0.239. The number of ether oxygens (including phenoxy) is 3. The summed E-state index contributed by atoms with van der Waals surface area (Å²) >= 11 is 0. The van der Waals surface area contributed by atoms with Gasteiger partial charge < -0.3 is 50.0 Å². The Labute approximate surface area is 159 Å². The van der Waals surface area contributed by atoms with Gasteiger partial charge in [0.25, 0.3) is 0 Å². The van der Waals surface area contributed by atoms with E-state index in [9.17, 15) is 30.0 Å². The largest absolute Gasteiger partial charge is 0.505 e. The third-order valence-corrected chi connectivity index (χ3v) is 4.09. The molecule has 0 aromatic heterocycles. The van der Waals surface area contributed by atoms with Crippen molar-refractivity contribution in [3.8, 4) is 0 Å². The van der Waals surface area contributed by atoms with Crippen LogP contribution in [0.2, 0.25) is 0 Å². The van der Waals surface area contributed by atoms with Crippen LogP contribution in [0.4, 0.5) is 0 Å². The van der Waals surface area contributed by atoms with E-state index in [1.54, 1.807) is 13.8 Å². The zero-order chi connectivity index (χ0) is 21.6. The lowest BCUT2D eigenvalue weighted by Crippen LogP contribution is -2.46. The van der Waals surface area contributed by atoms with E-state index < -0.39 is 66.3 Å². The van der Waals surface area contributed by atoms with Gasteiger partial charge in [-0.2, -0.15) is 0 Å². The summed E-state index contributed by atoms with van der Waals surface area (Å²) in [6.07, 6.45) is -3.81. The molecule has 0 amide bonds. The summed E-state index contributed by atoms with van der Waals surface area (Å²) in [6.45, 7) is 2.16. The van der Waals surface area contributed by atoms with E-state index in [2.05, 4.69) is 9.47 Å². The van der Waals surface area contributed by atoms with Gasteiger partial charge in [0.2, 0.25) is 17.1 Å². The standard InChI is InChI=1S/2C8H12O6/c1-2-8(4(10)3-9)6(12)5(11)7(13)14-8;1-2-13-7-5(11)8(12)14-6(7)4(10)3-9/h4,9-12H,2-3H2,1H3;4,6,9-11H,2-3H2,1H3/t4-,8+;4-,6+/m00/s1. The van der Waals surface area contributed by atoms with Crippen LogP contribution >= 0.6 is 0 Å². The molecule has 4 atom stereocenters. The molecule has 12 nitrogen and oxygen atoms in total. The van der Waals surface area contributed by atoms with Crippen molar-refractivity contribution in [3.05, 3.63) is 23.0 Å². The summed E-state index contributed by atoms with van der Waals surface area (Å²) in [6, 6.07) is 0. The molecule has 0 unspecified atom stereocenters. The smallest absolute Gasteiger partial charge is 0.378 e. The minimum atomic E-state index is -1.71. The van der Waals surface area contributed by atoms with E-state index in [1.807, 2.05) is 0 Å². The number of rotatable bonds is 7. The van der Waals surface area contributed by atoms with Crippen molar-refractivity contribution in [1.82, 2.24) is 0 Å². The van der Waals surface area contributed by atoms with Crippen LogP contribution in [0.5, 0.6) is 0 Å². The molecule has 0 aromatic rings. The number of esters is 2. The number of carbonyl (C=O) groups excluding carboxylic acids is 2. The van der Waals surface area contributed by atoms with Gasteiger partial charge in [-0.15, -0.1) is 0 Å². The summed E-state index contributed by atoms with van der Waals surface area (Å²) in [5, 5.41) is 63.6. The van der Waals surface area contributed by atoms with Gasteiger partial charge in [0.15, 0.2) is 17.6 Å². The predicted octanol–water partition coefficient (Wildman–Crippen LogP) is -1.56. The molecule has 2 aliphatic heterocycles. The highest BCUT2D eigenvalue weighted by molar-refractivity contribution is 5.90. The van der Waals surface area contributed by atoms with Gasteiger partial charge >= 0.3 is 11.9 Å². The Balaban J connectivity index is 0.000000280. The molecule has 0 bridgehead atoms. The summed E-state index contributed by atoms with van der Waals surface area (Å²) in [5.74, 6) is -4.47. The average molecular weight is 408 g/mol. The van der Waals surface area contributed by atoms with E-state index in [0.717, 1.165) is 0 Å². The summed E-state index contributed by atoms with van der Waals surface area (Å²) < 4.78 is 14.2. The fourth-order valence-electron chi connectivity index (χ4n) is 2.52. The second kappa shape index (κ2) is 9.59. The van der Waals surface area contributed by atoms with Crippen molar-refractivity contribution >= 4 is 11.9 Å². The van der Waals surface area contributed by atoms with Crippen LogP contribution in [0, 0.1) is 0 Å². The van der Waals surface area contributed by atoms with Gasteiger partial charge in [-0.3, -0.25) is 0 Å². The first-order valence-electron chi connectivity index (χ1n) is 8.31. The molecule has 0 radical (unpaired) electrons. The van der Waals surface area contributed by atoms with Crippen molar-refractivity contribution < 1.29 is 59.5 Å². The summed E-state index contributed by atoms with van der Waals surface area (Å²) in [4.78, 5) is 21.8. The number of aliphatic hydroxyl groups is 7. The first kappa shape index (κ1) is 23.5. The van der Waals surface area contributed by atoms with Gasteiger partial charge in [-0.1, -0.05) is 6.92 Å². The number of carbonyl (C=O) groups is 2. The monoisotopic (exact) mass is 408 g/mol. The Kier molecular flexibility index (Phi) is 8.05. The second-order valence-electron chi connectivity index (χ2n) is 5.75. The van der Waals surface area contributed by atoms with Crippen LogP contribution in [0.25, 0.3) is 0 Å². The molecule has 28 heavy (non-hydrogen) atoms. The predicted molar refractivity (Wildman–Crippen MR) is 88.7 cm³/mol. The molecule has 0 fully saturated rings. The topological polar surface area (TPSA) is 203 Å². The molecule has 0 aromatic carbocycles. The maximum Gasteiger partial charge on any atom is 0.378 e. The van der Waals surface area contributed by atoms with Crippen LogP contribution in [0.1, 0.15) is 20.3 Å². The highest BCUT2D eigenvalue weighted by Crippen LogP contribution is 2.35. The van der Waals surface area contributed by atoms with E-state index in [-0.39, 0.29) is 18.8 Å². The summed E-state index contributed by atoms with van der Waals surface area (Å²) in [5.41, 5.74) is -1.71. The molecular formula is C16H24O12. The van der Waals surface area contributed by atoms with Gasteiger partial charge in [-0.05, 0) is 13.3 Å². The van der Waals surface area contributed by atoms with Crippen molar-refractivity contribution in [2.75, 3.05) is 19.8 Å². The Morgan fingerprint density at radius 2 is 1.64 bits per heavy atom. The SMILES string of the molecule is CCOC1=C(O)C(=O)O[C@@H]1[C@@H](O)CO.CC[C@]1([C@@H](O)CO)OC(=O)C(O)=C1O. The maximum absolute atomic E-state index is 10.9. The molecular weight excluding hydrogens is 384 g/mol. The van der Waals surface area contributed by atoms with Crippen LogP contribution < -0.4 is 0 Å². The normalized spacial score (nSPS) is 26.4. The second-order valence-corrected chi connectivity index (χ2v) is 5.75. The molecule has 0 spiro atoms. The van der Waals surface area contributed by atoms with Crippen LogP contribution in [-0.2, 0) is 23.8 Å². The van der Waals surface area contributed by atoms with Gasteiger partial charge in [0.1, 0.15) is 12.2 Å². The minimum absolute atomic E-state index is 0.0519. The molecule has 0 aliphatic carbocycles. The zero-order valence-electron chi connectivity index (χ0n) is 15.2. The average Bonchev–Trinajstić information content (AvgIpc) is 3.10. The van der Waals surface area contributed by atoms with Crippen molar-refractivity contribution in [1.29, 1.82) is 0 Å². The first-order chi connectivity index (χ1) is 13.1. The molecule has 7 N–H and O–H groups in total. The molecule has 2 rings (SSSR count). The first-order valence-corrected chi connectivity index (χ1v) is 8.31. The van der Waals surface area contributed by atoms with E-state index in [0.29, 0.717) is 0 Å². The van der Waals surface area contributed by atoms with Crippen LogP contribution in [-0.4, -0.2) is 91.4 Å². The molecule has 12 heteroatoms. The fourth-order valence-corrected chi connectivity index (χ4v) is 2.52. The Hall–Kier alpha value is -2.54. The molecule has 0 saturated heterocycles. The van der Waals surface area contributed by atoms with Crippen LogP contribution in [0.3, 0.4) is 0 Å². The molecule has 2 aliphatic rings. The zero-order valence-corrected chi connectivity index (χ0v) is 15.2. The van der Waals surface area contributed by atoms with Crippen molar-refractivity contribution in [2.24, 2.45) is 0 Å². The van der Waals surface area contributed by atoms with Crippen LogP contribution in [0.15, 0.2) is 23.0 Å². The highest BCUT2D eigenvalue weighted by Gasteiger charge is 2.52. The third-order valence-electron chi connectivity index (χ3n) is 4.09. The van der Waals surface area contributed by atoms with E-state index in [1.165, 1.54) is 0 Å². The third kappa shape index (κ3) is 4.30. The van der Waals surface area contributed by atoms with Gasteiger partial charge in [-0.25, -0.2) is 9.59 Å². The number of hydrogen-bond acceptors (Lipinski definition) is 12. The summed E-state index contributed by atoms with van der Waals surface area (Å²) in [7, 11) is 0. The van der Waals surface area contributed by atoms with E-state index >= 15 is 0 Å². The Morgan fingerprint density at radius 3 is 2.04 bits per heavy atom. The van der Waals surface area contributed by atoms with Crippen molar-refractivity contribution in [2.45, 2.75) is 44.2 Å². The lowest BCUT2D eigenvalue weighted by Gasteiger charge is -2.30. The number of hydrogen-bond donors (Lipinski definition) is 7. The fraction of sp³-hybridized carbons (Fsp3) is 0.625. The molecule has 160 valence electrons. The van der Waals surface area contributed by atoms with Gasteiger partial charge in [0.05, 0.1) is 19.8 Å². The number of cyclic esters (lactones) is 2. The molecule has 2 heterocycles. The Morgan fingerprint density at radius 1 is 1.04 bits per heavy atom. The number of aliphatic hydroxyl groups excluding tert-OH is 7. The lowest BCUT2D eigenvalue weighted by atomic mass is 9.92. The molecule has 0 saturated carbocycles. The Bertz CT molecular complexity index is 648. The highest BCUT2D eigenvalue weighted by atomic mass is 16.6. The van der Waals surface area contributed by atoms with E-state index in [4.69, 9.17) is 20.1 Å². The maximum atomic E-state index is 10.9. The lowest BCUT2D eigenvalue weighted by molar-refractivity contribution is -0.164. The van der Waals surface area contributed by atoms with Gasteiger partial charge in [0, 0.05) is 0 Å². The minimum Gasteiger partial charge on any atom is -0.505 e. The van der Waals surface area contributed by atoms with Crippen molar-refractivity contribution in [3.63, 3.8) is 0 Å².